The standard InChI is InChI=1S/C14H16N4/c1-2-13(12-3-5-15-6-4-12)11-18(9-1)14-10-16-7-8-17-14/h3-8,10,13H,1-2,9,11H2/t13-/m1/s1. The third-order valence-electron chi connectivity index (χ3n) is 3.47. The Kier molecular flexibility index (Phi) is 3.17. The summed E-state index contributed by atoms with van der Waals surface area (Å²) >= 11 is 0. The first kappa shape index (κ1) is 11.1. The summed E-state index contributed by atoms with van der Waals surface area (Å²) in [7, 11) is 0. The second kappa shape index (κ2) is 5.12. The van der Waals surface area contributed by atoms with Crippen LogP contribution in [0.25, 0.3) is 0 Å². The van der Waals surface area contributed by atoms with E-state index in [0.717, 1.165) is 18.9 Å². The van der Waals surface area contributed by atoms with Crippen LogP contribution >= 0.6 is 0 Å². The molecule has 1 atom stereocenters. The monoisotopic (exact) mass is 240 g/mol. The molecule has 0 radical (unpaired) electrons. The van der Waals surface area contributed by atoms with Gasteiger partial charge in [-0.05, 0) is 30.5 Å². The van der Waals surface area contributed by atoms with Crippen molar-refractivity contribution in [3.05, 3.63) is 48.7 Å². The molecule has 1 fully saturated rings. The first-order chi connectivity index (χ1) is 8.93. The van der Waals surface area contributed by atoms with E-state index >= 15 is 0 Å². The van der Waals surface area contributed by atoms with Crippen LogP contribution in [0.15, 0.2) is 43.1 Å². The van der Waals surface area contributed by atoms with Crippen molar-refractivity contribution in [2.24, 2.45) is 0 Å². The summed E-state index contributed by atoms with van der Waals surface area (Å²) in [6.07, 6.45) is 11.5. The average molecular weight is 240 g/mol. The Morgan fingerprint density at radius 3 is 2.72 bits per heavy atom. The van der Waals surface area contributed by atoms with Gasteiger partial charge in [-0.15, -0.1) is 0 Å². The van der Waals surface area contributed by atoms with Crippen molar-refractivity contribution in [2.45, 2.75) is 18.8 Å². The van der Waals surface area contributed by atoms with E-state index in [1.807, 2.05) is 18.6 Å². The smallest absolute Gasteiger partial charge is 0.147 e. The zero-order valence-corrected chi connectivity index (χ0v) is 10.2. The van der Waals surface area contributed by atoms with E-state index in [1.54, 1.807) is 12.4 Å². The minimum Gasteiger partial charge on any atom is -0.355 e. The second-order valence-electron chi connectivity index (χ2n) is 4.63. The number of hydrogen-bond donors (Lipinski definition) is 0. The maximum atomic E-state index is 4.38. The van der Waals surface area contributed by atoms with Crippen molar-refractivity contribution >= 4 is 5.82 Å². The molecule has 0 aliphatic carbocycles. The molecule has 4 heteroatoms. The summed E-state index contributed by atoms with van der Waals surface area (Å²) in [6, 6.07) is 4.23. The predicted molar refractivity (Wildman–Crippen MR) is 70.5 cm³/mol. The van der Waals surface area contributed by atoms with Crippen LogP contribution in [0.5, 0.6) is 0 Å². The number of aromatic nitrogens is 3. The van der Waals surface area contributed by atoms with Gasteiger partial charge in [0.15, 0.2) is 0 Å². The number of piperidine rings is 1. The van der Waals surface area contributed by atoms with Crippen molar-refractivity contribution in [3.63, 3.8) is 0 Å². The molecule has 4 nitrogen and oxygen atoms in total. The molecule has 92 valence electrons. The summed E-state index contributed by atoms with van der Waals surface area (Å²) in [5.74, 6) is 1.56. The molecule has 0 unspecified atom stereocenters. The molecule has 0 spiro atoms. The van der Waals surface area contributed by atoms with Crippen molar-refractivity contribution < 1.29 is 0 Å². The number of nitrogens with zero attached hydrogens (tertiary/aromatic N) is 4. The van der Waals surface area contributed by atoms with Crippen LogP contribution in [0.2, 0.25) is 0 Å². The summed E-state index contributed by atoms with van der Waals surface area (Å²) in [5.41, 5.74) is 1.37. The lowest BCUT2D eigenvalue weighted by molar-refractivity contribution is 0.506. The van der Waals surface area contributed by atoms with E-state index in [0.29, 0.717) is 5.92 Å². The molecule has 3 heterocycles. The molecule has 0 saturated carbocycles. The first-order valence-corrected chi connectivity index (χ1v) is 6.34. The Hall–Kier alpha value is -1.97. The third-order valence-corrected chi connectivity index (χ3v) is 3.47. The first-order valence-electron chi connectivity index (χ1n) is 6.34. The van der Waals surface area contributed by atoms with Crippen LogP contribution in [0.4, 0.5) is 5.82 Å². The van der Waals surface area contributed by atoms with Gasteiger partial charge in [0.2, 0.25) is 0 Å². The molecule has 0 amide bonds. The summed E-state index contributed by atoms with van der Waals surface area (Å²) in [5, 5.41) is 0. The predicted octanol–water partition coefficient (Wildman–Crippen LogP) is 2.26. The summed E-state index contributed by atoms with van der Waals surface area (Å²) in [6.45, 7) is 2.09. The zero-order chi connectivity index (χ0) is 12.2. The molecule has 1 aliphatic heterocycles. The molecule has 1 saturated heterocycles. The molecular formula is C14H16N4. The largest absolute Gasteiger partial charge is 0.355 e. The summed E-state index contributed by atoms with van der Waals surface area (Å²) in [4.78, 5) is 14.9. The molecule has 0 aromatic carbocycles. The highest BCUT2D eigenvalue weighted by Gasteiger charge is 2.22. The van der Waals surface area contributed by atoms with Gasteiger partial charge < -0.3 is 4.90 Å². The number of anilines is 1. The molecule has 0 N–H and O–H groups in total. The van der Waals surface area contributed by atoms with Gasteiger partial charge in [0.25, 0.3) is 0 Å². The molecule has 1 aliphatic rings. The lowest BCUT2D eigenvalue weighted by Crippen LogP contribution is -2.34. The quantitative estimate of drug-likeness (QED) is 0.807. The Balaban J connectivity index is 1.77. The molecule has 3 rings (SSSR count). The third kappa shape index (κ3) is 2.32. The fraction of sp³-hybridized carbons (Fsp3) is 0.357. The zero-order valence-electron chi connectivity index (χ0n) is 10.2. The van der Waals surface area contributed by atoms with Crippen molar-refractivity contribution in [2.75, 3.05) is 18.0 Å². The fourth-order valence-corrected chi connectivity index (χ4v) is 2.55. The van der Waals surface area contributed by atoms with Gasteiger partial charge >= 0.3 is 0 Å². The van der Waals surface area contributed by atoms with E-state index < -0.39 is 0 Å². The van der Waals surface area contributed by atoms with Crippen LogP contribution in [0.3, 0.4) is 0 Å². The number of rotatable bonds is 2. The highest BCUT2D eigenvalue weighted by molar-refractivity contribution is 5.37. The van der Waals surface area contributed by atoms with E-state index in [-0.39, 0.29) is 0 Å². The van der Waals surface area contributed by atoms with Gasteiger partial charge in [-0.25, -0.2) is 4.98 Å². The van der Waals surface area contributed by atoms with Crippen molar-refractivity contribution in [1.29, 1.82) is 0 Å². The topological polar surface area (TPSA) is 41.9 Å². The molecule has 18 heavy (non-hydrogen) atoms. The SMILES string of the molecule is c1cc([C@@H]2CCCN(c3cnccn3)C2)ccn1. The molecule has 2 aromatic rings. The van der Waals surface area contributed by atoms with E-state index in [2.05, 4.69) is 32.0 Å². The highest BCUT2D eigenvalue weighted by atomic mass is 15.2. The Bertz CT molecular complexity index is 440. The van der Waals surface area contributed by atoms with Crippen LogP contribution in [0.1, 0.15) is 24.3 Å². The maximum absolute atomic E-state index is 4.38. The minimum absolute atomic E-state index is 0.573. The maximum Gasteiger partial charge on any atom is 0.147 e. The van der Waals surface area contributed by atoms with Crippen molar-refractivity contribution in [1.82, 2.24) is 15.0 Å². The molecule has 2 aromatic heterocycles. The van der Waals surface area contributed by atoms with Crippen LogP contribution in [-0.2, 0) is 0 Å². The lowest BCUT2D eigenvalue weighted by atomic mass is 9.91. The van der Waals surface area contributed by atoms with Gasteiger partial charge in [0.05, 0.1) is 6.20 Å². The Labute approximate surface area is 107 Å². The number of pyridine rings is 1. The molecular weight excluding hydrogens is 224 g/mol. The van der Waals surface area contributed by atoms with Crippen LogP contribution in [0, 0.1) is 0 Å². The Morgan fingerprint density at radius 1 is 1.06 bits per heavy atom. The molecule has 0 bridgehead atoms. The van der Waals surface area contributed by atoms with Gasteiger partial charge in [0, 0.05) is 43.8 Å². The van der Waals surface area contributed by atoms with Crippen LogP contribution < -0.4 is 4.90 Å². The van der Waals surface area contributed by atoms with Gasteiger partial charge in [-0.1, -0.05) is 0 Å². The van der Waals surface area contributed by atoms with E-state index in [9.17, 15) is 0 Å². The minimum atomic E-state index is 0.573. The second-order valence-corrected chi connectivity index (χ2v) is 4.63. The van der Waals surface area contributed by atoms with E-state index in [1.165, 1.54) is 18.4 Å². The Morgan fingerprint density at radius 2 is 1.94 bits per heavy atom. The van der Waals surface area contributed by atoms with E-state index in [4.69, 9.17) is 0 Å². The van der Waals surface area contributed by atoms with Gasteiger partial charge in [0.1, 0.15) is 5.82 Å². The lowest BCUT2D eigenvalue weighted by Gasteiger charge is -2.33. The average Bonchev–Trinajstić information content (AvgIpc) is 2.49. The normalized spacial score (nSPS) is 19.8. The fourth-order valence-electron chi connectivity index (χ4n) is 2.55. The highest BCUT2D eigenvalue weighted by Crippen LogP contribution is 2.28. The number of hydrogen-bond acceptors (Lipinski definition) is 4. The van der Waals surface area contributed by atoms with Gasteiger partial charge in [-0.3, -0.25) is 9.97 Å². The van der Waals surface area contributed by atoms with Crippen LogP contribution in [-0.4, -0.2) is 28.0 Å². The summed E-state index contributed by atoms with van der Waals surface area (Å²) < 4.78 is 0. The van der Waals surface area contributed by atoms with Crippen molar-refractivity contribution in [3.8, 4) is 0 Å². The van der Waals surface area contributed by atoms with Gasteiger partial charge in [-0.2, -0.15) is 0 Å².